The van der Waals surface area contributed by atoms with Crippen molar-refractivity contribution in [2.45, 2.75) is 472 Å². The van der Waals surface area contributed by atoms with Crippen LogP contribution in [0.25, 0.3) is 0 Å². The highest BCUT2D eigenvalue weighted by Crippen LogP contribution is 2.45. The van der Waals surface area contributed by atoms with E-state index < -0.39 is 97.5 Å². The summed E-state index contributed by atoms with van der Waals surface area (Å²) >= 11 is 0. The van der Waals surface area contributed by atoms with Crippen LogP contribution in [0.3, 0.4) is 0 Å². The molecule has 0 radical (unpaired) electrons. The van der Waals surface area contributed by atoms with Crippen LogP contribution in [-0.2, 0) is 65.4 Å². The van der Waals surface area contributed by atoms with E-state index in [0.717, 1.165) is 114 Å². The maximum absolute atomic E-state index is 13.2. The van der Waals surface area contributed by atoms with Crippen molar-refractivity contribution in [2.24, 2.45) is 23.7 Å². The van der Waals surface area contributed by atoms with Crippen molar-refractivity contribution >= 4 is 39.5 Å². The van der Waals surface area contributed by atoms with Gasteiger partial charge >= 0.3 is 39.5 Å². The number of phosphoric acid groups is 2. The molecule has 106 heavy (non-hydrogen) atoms. The van der Waals surface area contributed by atoms with Gasteiger partial charge in [0, 0.05) is 25.7 Å². The zero-order valence-electron chi connectivity index (χ0n) is 70.1. The van der Waals surface area contributed by atoms with E-state index in [-0.39, 0.29) is 25.7 Å². The van der Waals surface area contributed by atoms with Crippen LogP contribution < -0.4 is 0 Å². The van der Waals surface area contributed by atoms with Gasteiger partial charge in [0.15, 0.2) is 12.2 Å². The average Bonchev–Trinajstić information content (AvgIpc) is 0.905. The van der Waals surface area contributed by atoms with Crippen molar-refractivity contribution in [1.82, 2.24) is 0 Å². The fraction of sp³-hybridized carbons (Fsp3) is 0.954. The number of phosphoric ester groups is 2. The van der Waals surface area contributed by atoms with Crippen molar-refractivity contribution < 1.29 is 80.2 Å². The van der Waals surface area contributed by atoms with Gasteiger partial charge in [0.05, 0.1) is 26.4 Å². The molecule has 0 bridgehead atoms. The molecule has 19 heteroatoms. The van der Waals surface area contributed by atoms with E-state index in [4.69, 9.17) is 37.0 Å². The summed E-state index contributed by atoms with van der Waals surface area (Å²) in [5.74, 6) is 1.11. The first-order valence-corrected chi connectivity index (χ1v) is 47.8. The van der Waals surface area contributed by atoms with Crippen molar-refractivity contribution in [3.63, 3.8) is 0 Å². The Morgan fingerprint density at radius 2 is 0.453 bits per heavy atom. The maximum atomic E-state index is 13.2. The molecule has 0 saturated carbocycles. The van der Waals surface area contributed by atoms with Gasteiger partial charge in [-0.1, -0.05) is 402 Å². The molecule has 7 atom stereocenters. The highest BCUT2D eigenvalue weighted by atomic mass is 31.2. The van der Waals surface area contributed by atoms with E-state index in [0.29, 0.717) is 25.7 Å². The van der Waals surface area contributed by atoms with Crippen LogP contribution in [0.2, 0.25) is 0 Å². The van der Waals surface area contributed by atoms with E-state index in [2.05, 4.69) is 55.4 Å². The summed E-state index contributed by atoms with van der Waals surface area (Å²) in [5.41, 5.74) is 0. The second-order valence-corrected chi connectivity index (χ2v) is 35.6. The van der Waals surface area contributed by atoms with E-state index in [1.165, 1.54) is 257 Å². The lowest BCUT2D eigenvalue weighted by Crippen LogP contribution is -2.30. The molecule has 0 aliphatic heterocycles. The van der Waals surface area contributed by atoms with Gasteiger partial charge in [-0.25, -0.2) is 9.13 Å². The molecule has 0 aromatic carbocycles. The normalized spacial score (nSPS) is 14.4. The van der Waals surface area contributed by atoms with Gasteiger partial charge < -0.3 is 33.8 Å². The molecule has 0 aliphatic carbocycles. The minimum atomic E-state index is -4.97. The molecule has 17 nitrogen and oxygen atoms in total. The monoisotopic (exact) mass is 1550 g/mol. The number of hydrogen-bond donors (Lipinski definition) is 3. The fourth-order valence-electron chi connectivity index (χ4n) is 13.4. The first-order chi connectivity index (χ1) is 51.2. The predicted octanol–water partition coefficient (Wildman–Crippen LogP) is 26.3. The highest BCUT2D eigenvalue weighted by Gasteiger charge is 2.31. The molecule has 0 aromatic rings. The molecule has 3 N–H and O–H groups in total. The summed E-state index contributed by atoms with van der Waals surface area (Å²) in [4.78, 5) is 73.3. The quantitative estimate of drug-likeness (QED) is 0.0222. The number of unbranched alkanes of at least 4 members (excludes halogenated alkanes) is 48. The van der Waals surface area contributed by atoms with Gasteiger partial charge in [-0.05, 0) is 49.4 Å². The highest BCUT2D eigenvalue weighted by molar-refractivity contribution is 7.47. The Morgan fingerprint density at radius 3 is 0.670 bits per heavy atom. The molecule has 0 fully saturated rings. The minimum Gasteiger partial charge on any atom is -0.462 e. The fourth-order valence-corrected chi connectivity index (χ4v) is 15.0. The first kappa shape index (κ1) is 104. The summed E-state index contributed by atoms with van der Waals surface area (Å²) in [6, 6.07) is 0. The molecule has 0 aliphatic rings. The number of aliphatic hydroxyl groups excluding tert-OH is 1. The molecule has 0 saturated heterocycles. The third kappa shape index (κ3) is 77.4. The number of ether oxygens (including phenoxy) is 4. The third-order valence-electron chi connectivity index (χ3n) is 21.0. The molecule has 630 valence electrons. The first-order valence-electron chi connectivity index (χ1n) is 44.8. The molecular formula is C87H170O17P2. The van der Waals surface area contributed by atoms with E-state index >= 15 is 0 Å². The third-order valence-corrected chi connectivity index (χ3v) is 22.9. The van der Waals surface area contributed by atoms with Crippen LogP contribution in [-0.4, -0.2) is 96.7 Å². The van der Waals surface area contributed by atoms with Crippen LogP contribution >= 0.6 is 15.6 Å². The van der Waals surface area contributed by atoms with Gasteiger partial charge in [-0.2, -0.15) is 0 Å². The second kappa shape index (κ2) is 75.7. The Labute approximate surface area is 651 Å². The summed E-state index contributed by atoms with van der Waals surface area (Å²) in [6.07, 6.45) is 65.2. The van der Waals surface area contributed by atoms with Crippen molar-refractivity contribution in [3.8, 4) is 0 Å². The van der Waals surface area contributed by atoms with Crippen LogP contribution in [0.5, 0.6) is 0 Å². The number of rotatable bonds is 84. The van der Waals surface area contributed by atoms with Crippen LogP contribution in [0.15, 0.2) is 0 Å². The smallest absolute Gasteiger partial charge is 0.462 e. The summed E-state index contributed by atoms with van der Waals surface area (Å²) < 4.78 is 68.9. The Bertz CT molecular complexity index is 2060. The molecule has 0 heterocycles. The predicted molar refractivity (Wildman–Crippen MR) is 437 cm³/mol. The number of aliphatic hydroxyl groups is 1. The van der Waals surface area contributed by atoms with Gasteiger partial charge in [0.25, 0.3) is 0 Å². The molecule has 0 aromatic heterocycles. The van der Waals surface area contributed by atoms with Crippen molar-refractivity contribution in [1.29, 1.82) is 0 Å². The Morgan fingerprint density at radius 1 is 0.264 bits per heavy atom. The summed E-state index contributed by atoms with van der Waals surface area (Å²) in [7, 11) is -9.93. The number of esters is 4. The zero-order valence-corrected chi connectivity index (χ0v) is 71.9. The standard InChI is InChI=1S/C87H170O17P2/c1-9-79(7)65-57-49-41-33-27-21-17-13-11-12-14-18-23-29-35-45-53-61-69-86(91)103-82(73-97-84(89)67-59-51-43-34-28-22-19-15-16-20-25-31-39-47-55-63-77(3)4)75-101-105(93,94)99-71-81(88)72-100-106(95,96)102-76-83(74-98-85(90)68-60-52-44-38-37-42-50-58-66-80(8)10-2)104-87(92)70-62-54-46-36-30-24-26-32-40-48-56-64-78(5)6/h77-83,88H,9-76H2,1-8H3,(H,93,94)(H,95,96)/t79?,80?,81-,82-,83-/m1/s1. The van der Waals surface area contributed by atoms with E-state index in [9.17, 15) is 43.2 Å². The molecule has 0 rings (SSSR count). The van der Waals surface area contributed by atoms with Crippen LogP contribution in [0, 0.1) is 23.7 Å². The van der Waals surface area contributed by atoms with Crippen LogP contribution in [0.1, 0.15) is 453 Å². The lowest BCUT2D eigenvalue weighted by Gasteiger charge is -2.21. The Balaban J connectivity index is 5.25. The maximum Gasteiger partial charge on any atom is 0.472 e. The average molecular weight is 1550 g/mol. The van der Waals surface area contributed by atoms with Crippen LogP contribution in [0.4, 0.5) is 0 Å². The lowest BCUT2D eigenvalue weighted by atomic mass is 9.99. The minimum absolute atomic E-state index is 0.106. The van der Waals surface area contributed by atoms with Crippen molar-refractivity contribution in [3.05, 3.63) is 0 Å². The van der Waals surface area contributed by atoms with Crippen molar-refractivity contribution in [2.75, 3.05) is 39.6 Å². The van der Waals surface area contributed by atoms with E-state index in [1.54, 1.807) is 0 Å². The number of carbonyl (C=O) groups excluding carboxylic acids is 4. The summed E-state index contributed by atoms with van der Waals surface area (Å²) in [5, 5.41) is 10.7. The topological polar surface area (TPSA) is 237 Å². The molecular weight excluding hydrogens is 1380 g/mol. The molecule has 4 unspecified atom stereocenters. The summed E-state index contributed by atoms with van der Waals surface area (Å²) in [6.45, 7) is 14.4. The molecule has 0 spiro atoms. The number of hydrogen-bond acceptors (Lipinski definition) is 15. The zero-order chi connectivity index (χ0) is 78.1. The number of carbonyl (C=O) groups is 4. The van der Waals surface area contributed by atoms with Gasteiger partial charge in [-0.15, -0.1) is 0 Å². The van der Waals surface area contributed by atoms with Gasteiger partial charge in [0.1, 0.15) is 19.3 Å². The largest absolute Gasteiger partial charge is 0.472 e. The molecule has 0 amide bonds. The van der Waals surface area contributed by atoms with Gasteiger partial charge in [0.2, 0.25) is 0 Å². The Hall–Kier alpha value is -1.94. The van der Waals surface area contributed by atoms with Gasteiger partial charge in [-0.3, -0.25) is 37.3 Å². The second-order valence-electron chi connectivity index (χ2n) is 32.7. The SMILES string of the molecule is CCC(C)CCCCCCCCCCCCCCCCCCCCC(=O)O[C@H](COC(=O)CCCCCCCCCCCCCCCCCC(C)C)COP(=O)(O)OC[C@@H](O)COP(=O)(O)OC[C@@H](COC(=O)CCCCCCCCCCC(C)CC)OC(=O)CCCCCCCCCCCCCC(C)C. The Kier molecular flexibility index (Phi) is 74.3. The lowest BCUT2D eigenvalue weighted by molar-refractivity contribution is -0.161. The van der Waals surface area contributed by atoms with E-state index in [1.807, 2.05) is 0 Å².